The van der Waals surface area contributed by atoms with Crippen LogP contribution in [0, 0.1) is 17.1 Å². The maximum Gasteiger partial charge on any atom is 0.210 e. The Balaban J connectivity index is 1.70. The average molecular weight is 408 g/mol. The number of hydrogen-bond acceptors (Lipinski definition) is 6. The molecule has 1 aliphatic rings. The van der Waals surface area contributed by atoms with Crippen LogP contribution < -0.4 is 5.48 Å². The van der Waals surface area contributed by atoms with Crippen molar-refractivity contribution >= 4 is 24.1 Å². The minimum Gasteiger partial charge on any atom is -0.393 e. The molecule has 0 aliphatic carbocycles. The van der Waals surface area contributed by atoms with Gasteiger partial charge in [0.05, 0.1) is 30.5 Å². The molecule has 156 valence electrons. The molecule has 1 atom stereocenters. The Morgan fingerprint density at radius 1 is 1.27 bits per heavy atom. The molecule has 0 radical (unpaired) electrons. The average Bonchev–Trinajstić information content (AvgIpc) is 3.11. The smallest absolute Gasteiger partial charge is 0.210 e. The SMILES string of the molecule is CC(C)C[C@]1(CC(=N)ONCc2ccccc2)N=CC(c2ccc(C=O)c(F)c2)=N1. The minimum absolute atomic E-state index is 0.00222. The van der Waals surface area contributed by atoms with Gasteiger partial charge in [0, 0.05) is 5.56 Å². The van der Waals surface area contributed by atoms with E-state index >= 15 is 0 Å². The van der Waals surface area contributed by atoms with Crippen LogP contribution in [0.2, 0.25) is 0 Å². The van der Waals surface area contributed by atoms with Gasteiger partial charge in [0.1, 0.15) is 5.82 Å². The fourth-order valence-corrected chi connectivity index (χ4v) is 3.39. The number of rotatable bonds is 9. The number of aliphatic imine (C=N–C) groups is 2. The summed E-state index contributed by atoms with van der Waals surface area (Å²) in [6.45, 7) is 4.59. The molecule has 7 heteroatoms. The van der Waals surface area contributed by atoms with Crippen LogP contribution in [0.15, 0.2) is 58.5 Å². The van der Waals surface area contributed by atoms with Crippen molar-refractivity contribution in [2.45, 2.75) is 38.9 Å². The van der Waals surface area contributed by atoms with Gasteiger partial charge < -0.3 is 4.84 Å². The molecule has 2 aromatic rings. The molecule has 0 saturated heterocycles. The Bertz CT molecular complexity index is 972. The van der Waals surface area contributed by atoms with E-state index in [0.717, 1.165) is 5.56 Å². The molecule has 0 fully saturated rings. The zero-order valence-electron chi connectivity index (χ0n) is 17.1. The largest absolute Gasteiger partial charge is 0.393 e. The number of benzene rings is 2. The second-order valence-corrected chi connectivity index (χ2v) is 7.70. The summed E-state index contributed by atoms with van der Waals surface area (Å²) in [6.07, 6.45) is 2.88. The van der Waals surface area contributed by atoms with Gasteiger partial charge in [-0.25, -0.2) is 4.39 Å². The van der Waals surface area contributed by atoms with Gasteiger partial charge in [0.15, 0.2) is 11.9 Å². The molecule has 1 aliphatic heterocycles. The summed E-state index contributed by atoms with van der Waals surface area (Å²) in [5, 5.41) is 8.22. The quantitative estimate of drug-likeness (QED) is 0.280. The summed E-state index contributed by atoms with van der Waals surface area (Å²) in [5.74, 6) is -0.290. The number of halogens is 1. The van der Waals surface area contributed by atoms with Crippen molar-refractivity contribution in [2.24, 2.45) is 15.9 Å². The van der Waals surface area contributed by atoms with Gasteiger partial charge in [-0.1, -0.05) is 50.2 Å². The van der Waals surface area contributed by atoms with E-state index < -0.39 is 11.5 Å². The van der Waals surface area contributed by atoms with Gasteiger partial charge in [0.2, 0.25) is 5.90 Å². The third kappa shape index (κ3) is 5.45. The number of aldehydes is 1. The van der Waals surface area contributed by atoms with Gasteiger partial charge in [-0.05, 0) is 30.0 Å². The van der Waals surface area contributed by atoms with E-state index in [2.05, 4.69) is 24.3 Å². The standard InChI is InChI=1S/C23H25FN4O2/c1-16(2)11-23(12-22(25)30-27-13-17-6-4-3-5-7-17)26-14-21(28-23)18-8-9-19(15-29)20(24)10-18/h3-10,14-16,25,27H,11-13H2,1-2H3/t23-/m0/s1. The second-order valence-electron chi connectivity index (χ2n) is 7.70. The molecule has 6 nitrogen and oxygen atoms in total. The topological polar surface area (TPSA) is 86.9 Å². The van der Waals surface area contributed by atoms with Crippen molar-refractivity contribution in [2.75, 3.05) is 0 Å². The Morgan fingerprint density at radius 3 is 2.70 bits per heavy atom. The van der Waals surface area contributed by atoms with Crippen LogP contribution in [0.25, 0.3) is 0 Å². The molecule has 2 N–H and O–H groups in total. The lowest BCUT2D eigenvalue weighted by molar-refractivity contribution is 0.111. The number of carbonyl (C=O) groups excluding carboxylic acids is 1. The first kappa shape index (κ1) is 21.5. The molecule has 0 bridgehead atoms. The third-order valence-corrected chi connectivity index (χ3v) is 4.67. The minimum atomic E-state index is -0.866. The predicted octanol–water partition coefficient (Wildman–Crippen LogP) is 4.34. The molecule has 0 amide bonds. The van der Waals surface area contributed by atoms with Crippen LogP contribution in [0.4, 0.5) is 4.39 Å². The van der Waals surface area contributed by atoms with Crippen LogP contribution in [0.5, 0.6) is 0 Å². The number of hydrogen-bond donors (Lipinski definition) is 2. The van der Waals surface area contributed by atoms with Crippen LogP contribution in [-0.4, -0.2) is 29.8 Å². The van der Waals surface area contributed by atoms with E-state index in [1.807, 2.05) is 30.3 Å². The molecular formula is C23H25FN4O2. The maximum atomic E-state index is 14.0. The monoisotopic (exact) mass is 408 g/mol. The van der Waals surface area contributed by atoms with E-state index in [1.54, 1.807) is 12.3 Å². The summed E-state index contributed by atoms with van der Waals surface area (Å²) in [5.41, 5.74) is 4.05. The lowest BCUT2D eigenvalue weighted by atomic mass is 9.95. The summed E-state index contributed by atoms with van der Waals surface area (Å²) in [4.78, 5) is 25.5. The fraction of sp³-hybridized carbons (Fsp3) is 0.304. The molecule has 0 spiro atoms. The highest BCUT2D eigenvalue weighted by molar-refractivity contribution is 6.39. The number of hydroxylamine groups is 1. The molecule has 30 heavy (non-hydrogen) atoms. The Morgan fingerprint density at radius 2 is 2.03 bits per heavy atom. The normalized spacial score (nSPS) is 17.8. The van der Waals surface area contributed by atoms with Gasteiger partial charge >= 0.3 is 0 Å². The highest BCUT2D eigenvalue weighted by atomic mass is 19.1. The maximum absolute atomic E-state index is 14.0. The van der Waals surface area contributed by atoms with Crippen molar-refractivity contribution in [3.8, 4) is 0 Å². The lowest BCUT2D eigenvalue weighted by Crippen LogP contribution is -2.31. The first-order valence-electron chi connectivity index (χ1n) is 9.82. The molecule has 0 unspecified atom stereocenters. The van der Waals surface area contributed by atoms with Gasteiger partial charge in [-0.15, -0.1) is 0 Å². The molecule has 3 rings (SSSR count). The zero-order chi connectivity index (χ0) is 21.6. The number of nitrogens with one attached hydrogen (secondary N) is 2. The van der Waals surface area contributed by atoms with Crippen LogP contribution >= 0.6 is 0 Å². The number of carbonyl (C=O) groups is 1. The van der Waals surface area contributed by atoms with Crippen molar-refractivity contribution in [3.05, 3.63) is 71.0 Å². The van der Waals surface area contributed by atoms with Gasteiger partial charge in [-0.2, -0.15) is 5.48 Å². The summed E-state index contributed by atoms with van der Waals surface area (Å²) in [7, 11) is 0. The van der Waals surface area contributed by atoms with Gasteiger partial charge in [-0.3, -0.25) is 20.2 Å². The molecule has 1 heterocycles. The van der Waals surface area contributed by atoms with Gasteiger partial charge in [0.25, 0.3) is 0 Å². The van der Waals surface area contributed by atoms with E-state index in [0.29, 0.717) is 30.5 Å². The highest BCUT2D eigenvalue weighted by Gasteiger charge is 2.35. The van der Waals surface area contributed by atoms with Crippen molar-refractivity contribution in [1.82, 2.24) is 5.48 Å². The van der Waals surface area contributed by atoms with Crippen LogP contribution in [0.1, 0.15) is 48.2 Å². The Hall–Kier alpha value is -3.19. The fourth-order valence-electron chi connectivity index (χ4n) is 3.39. The summed E-state index contributed by atoms with van der Waals surface area (Å²) in [6, 6.07) is 14.1. The van der Waals surface area contributed by atoms with E-state index in [1.165, 1.54) is 12.1 Å². The summed E-state index contributed by atoms with van der Waals surface area (Å²) >= 11 is 0. The second kappa shape index (κ2) is 9.54. The first-order valence-corrected chi connectivity index (χ1v) is 9.82. The number of nitrogens with zero attached hydrogens (tertiary/aromatic N) is 2. The van der Waals surface area contributed by atoms with Crippen molar-refractivity contribution in [3.63, 3.8) is 0 Å². The zero-order valence-corrected chi connectivity index (χ0v) is 17.1. The first-order chi connectivity index (χ1) is 14.4. The third-order valence-electron chi connectivity index (χ3n) is 4.67. The van der Waals surface area contributed by atoms with Crippen LogP contribution in [-0.2, 0) is 11.4 Å². The lowest BCUT2D eigenvalue weighted by Gasteiger charge is -2.25. The Kier molecular flexibility index (Phi) is 6.84. The van der Waals surface area contributed by atoms with E-state index in [4.69, 9.17) is 15.2 Å². The summed E-state index contributed by atoms with van der Waals surface area (Å²) < 4.78 is 14.0. The van der Waals surface area contributed by atoms with E-state index in [9.17, 15) is 9.18 Å². The van der Waals surface area contributed by atoms with Crippen molar-refractivity contribution < 1.29 is 14.0 Å². The predicted molar refractivity (Wildman–Crippen MR) is 116 cm³/mol. The van der Waals surface area contributed by atoms with Crippen molar-refractivity contribution in [1.29, 1.82) is 5.41 Å². The molecular weight excluding hydrogens is 383 g/mol. The molecule has 0 aromatic heterocycles. The molecule has 2 aromatic carbocycles. The highest BCUT2D eigenvalue weighted by Crippen LogP contribution is 2.31. The van der Waals surface area contributed by atoms with E-state index in [-0.39, 0.29) is 23.8 Å². The van der Waals surface area contributed by atoms with Crippen LogP contribution in [0.3, 0.4) is 0 Å². The molecule has 0 saturated carbocycles. The Labute approximate surface area is 175 Å².